The molecule has 0 aliphatic rings. The molecule has 152 valence electrons. The Kier molecular flexibility index (Phi) is 6.71. The van der Waals surface area contributed by atoms with Gasteiger partial charge in [-0.2, -0.15) is 0 Å². The number of rotatable bonds is 8. The van der Waals surface area contributed by atoms with Crippen molar-refractivity contribution in [2.24, 2.45) is 0 Å². The van der Waals surface area contributed by atoms with Crippen LogP contribution in [0.3, 0.4) is 0 Å². The molecule has 3 rings (SSSR count). The standard InChI is InChI=1S/C20H21FN4O3S/c1-4-25-19(13-5-7-14(21)8-6-13)23-24-20(25)29-12-18(26)22-16-11-15(27-2)9-10-17(16)28-3/h5-11H,4,12H2,1-3H3,(H,22,26). The smallest absolute Gasteiger partial charge is 0.234 e. The van der Waals surface area contributed by atoms with E-state index < -0.39 is 0 Å². The van der Waals surface area contributed by atoms with Crippen LogP contribution in [0, 0.1) is 5.82 Å². The molecule has 0 radical (unpaired) electrons. The topological polar surface area (TPSA) is 78.3 Å². The van der Waals surface area contributed by atoms with Crippen LogP contribution in [-0.4, -0.2) is 40.6 Å². The number of ether oxygens (including phenoxy) is 2. The van der Waals surface area contributed by atoms with E-state index in [2.05, 4.69) is 15.5 Å². The van der Waals surface area contributed by atoms with Crippen LogP contribution in [0.1, 0.15) is 6.92 Å². The minimum Gasteiger partial charge on any atom is -0.497 e. The van der Waals surface area contributed by atoms with Crippen LogP contribution >= 0.6 is 11.8 Å². The van der Waals surface area contributed by atoms with Gasteiger partial charge in [0.25, 0.3) is 0 Å². The summed E-state index contributed by atoms with van der Waals surface area (Å²) in [5.74, 6) is 1.40. The normalized spacial score (nSPS) is 10.6. The van der Waals surface area contributed by atoms with Crippen LogP contribution in [0.5, 0.6) is 11.5 Å². The number of benzene rings is 2. The van der Waals surface area contributed by atoms with Crippen LogP contribution in [0.4, 0.5) is 10.1 Å². The summed E-state index contributed by atoms with van der Waals surface area (Å²) in [7, 11) is 3.09. The summed E-state index contributed by atoms with van der Waals surface area (Å²) in [4.78, 5) is 12.4. The fourth-order valence-corrected chi connectivity index (χ4v) is 3.52. The van der Waals surface area contributed by atoms with Crippen molar-refractivity contribution in [1.82, 2.24) is 14.8 Å². The van der Waals surface area contributed by atoms with Gasteiger partial charge in [0.15, 0.2) is 11.0 Å². The Morgan fingerprint density at radius 2 is 1.90 bits per heavy atom. The SMILES string of the molecule is CCn1c(SCC(=O)Nc2cc(OC)ccc2OC)nnc1-c1ccc(F)cc1. The molecule has 1 N–H and O–H groups in total. The number of methoxy groups -OCH3 is 2. The lowest BCUT2D eigenvalue weighted by molar-refractivity contribution is -0.113. The van der Waals surface area contributed by atoms with Gasteiger partial charge in [0.1, 0.15) is 17.3 Å². The van der Waals surface area contributed by atoms with E-state index in [-0.39, 0.29) is 17.5 Å². The zero-order chi connectivity index (χ0) is 20.8. The highest BCUT2D eigenvalue weighted by Crippen LogP contribution is 2.29. The van der Waals surface area contributed by atoms with E-state index in [1.165, 1.54) is 31.0 Å². The number of aromatic nitrogens is 3. The van der Waals surface area contributed by atoms with E-state index in [1.807, 2.05) is 11.5 Å². The van der Waals surface area contributed by atoms with Gasteiger partial charge in [0, 0.05) is 18.2 Å². The number of thioether (sulfide) groups is 1. The maximum Gasteiger partial charge on any atom is 0.234 e. The van der Waals surface area contributed by atoms with Crippen molar-refractivity contribution in [3.05, 3.63) is 48.3 Å². The summed E-state index contributed by atoms with van der Waals surface area (Å²) in [6, 6.07) is 11.2. The Hall–Kier alpha value is -3.07. The van der Waals surface area contributed by atoms with Crippen molar-refractivity contribution in [3.8, 4) is 22.9 Å². The first kappa shape index (κ1) is 20.7. The van der Waals surface area contributed by atoms with Crippen molar-refractivity contribution >= 4 is 23.4 Å². The largest absolute Gasteiger partial charge is 0.497 e. The highest BCUT2D eigenvalue weighted by atomic mass is 32.2. The monoisotopic (exact) mass is 416 g/mol. The average molecular weight is 416 g/mol. The Labute approximate surface area is 172 Å². The van der Waals surface area contributed by atoms with Gasteiger partial charge in [0.05, 0.1) is 25.7 Å². The van der Waals surface area contributed by atoms with Gasteiger partial charge in [-0.1, -0.05) is 11.8 Å². The molecule has 2 aromatic carbocycles. The Balaban J connectivity index is 1.70. The lowest BCUT2D eigenvalue weighted by Crippen LogP contribution is -2.15. The number of hydrogen-bond donors (Lipinski definition) is 1. The summed E-state index contributed by atoms with van der Waals surface area (Å²) in [6.07, 6.45) is 0. The second-order valence-electron chi connectivity index (χ2n) is 5.96. The van der Waals surface area contributed by atoms with Gasteiger partial charge >= 0.3 is 0 Å². The predicted molar refractivity (Wildman–Crippen MR) is 110 cm³/mol. The van der Waals surface area contributed by atoms with Crippen LogP contribution in [-0.2, 0) is 11.3 Å². The van der Waals surface area contributed by atoms with Gasteiger partial charge in [-0.15, -0.1) is 10.2 Å². The van der Waals surface area contributed by atoms with Crippen LogP contribution in [0.25, 0.3) is 11.4 Å². The van der Waals surface area contributed by atoms with E-state index in [4.69, 9.17) is 9.47 Å². The zero-order valence-corrected chi connectivity index (χ0v) is 17.1. The number of amides is 1. The molecule has 1 amide bonds. The average Bonchev–Trinajstić information content (AvgIpc) is 3.15. The second-order valence-corrected chi connectivity index (χ2v) is 6.90. The molecule has 0 atom stereocenters. The number of carbonyl (C=O) groups is 1. The van der Waals surface area contributed by atoms with Gasteiger partial charge in [-0.25, -0.2) is 4.39 Å². The molecule has 0 aliphatic heterocycles. The van der Waals surface area contributed by atoms with Crippen LogP contribution in [0.15, 0.2) is 47.6 Å². The maximum absolute atomic E-state index is 13.2. The van der Waals surface area contributed by atoms with Crippen molar-refractivity contribution in [2.75, 3.05) is 25.3 Å². The fourth-order valence-electron chi connectivity index (χ4n) is 2.72. The molecular formula is C20H21FN4O3S. The predicted octanol–water partition coefficient (Wildman–Crippen LogP) is 3.85. The maximum atomic E-state index is 13.2. The van der Waals surface area contributed by atoms with Crippen LogP contribution < -0.4 is 14.8 Å². The van der Waals surface area contributed by atoms with E-state index >= 15 is 0 Å². The fraction of sp³-hybridized carbons (Fsp3) is 0.250. The molecule has 29 heavy (non-hydrogen) atoms. The molecule has 0 unspecified atom stereocenters. The lowest BCUT2D eigenvalue weighted by atomic mass is 10.2. The lowest BCUT2D eigenvalue weighted by Gasteiger charge is -2.12. The van der Waals surface area contributed by atoms with Crippen LogP contribution in [0.2, 0.25) is 0 Å². The van der Waals surface area contributed by atoms with E-state index in [9.17, 15) is 9.18 Å². The molecule has 0 saturated heterocycles. The molecule has 0 saturated carbocycles. The minimum absolute atomic E-state index is 0.141. The van der Waals surface area contributed by atoms with Gasteiger partial charge < -0.3 is 19.4 Å². The number of carbonyl (C=O) groups excluding carboxylic acids is 1. The number of nitrogens with zero attached hydrogens (tertiary/aromatic N) is 3. The first-order chi connectivity index (χ1) is 14.0. The number of nitrogens with one attached hydrogen (secondary N) is 1. The molecule has 3 aromatic rings. The number of halogens is 1. The summed E-state index contributed by atoms with van der Waals surface area (Å²) >= 11 is 1.27. The quantitative estimate of drug-likeness (QED) is 0.562. The number of hydrogen-bond acceptors (Lipinski definition) is 6. The highest BCUT2D eigenvalue weighted by molar-refractivity contribution is 7.99. The first-order valence-electron chi connectivity index (χ1n) is 8.89. The summed E-state index contributed by atoms with van der Waals surface area (Å²) in [5, 5.41) is 11.8. The van der Waals surface area contributed by atoms with Gasteiger partial charge in [0.2, 0.25) is 5.91 Å². The molecular weight excluding hydrogens is 395 g/mol. The molecule has 0 spiro atoms. The summed E-state index contributed by atoms with van der Waals surface area (Å²) in [6.45, 7) is 2.58. The minimum atomic E-state index is -0.310. The summed E-state index contributed by atoms with van der Waals surface area (Å²) in [5.41, 5.74) is 1.29. The van der Waals surface area contributed by atoms with E-state index in [1.54, 1.807) is 37.4 Å². The molecule has 0 aliphatic carbocycles. The molecule has 0 bridgehead atoms. The second kappa shape index (κ2) is 9.42. The third-order valence-electron chi connectivity index (χ3n) is 4.15. The van der Waals surface area contributed by atoms with Gasteiger partial charge in [-0.05, 0) is 43.3 Å². The molecule has 7 nitrogen and oxygen atoms in total. The number of anilines is 1. The first-order valence-corrected chi connectivity index (χ1v) is 9.88. The molecule has 1 aromatic heterocycles. The third kappa shape index (κ3) is 4.86. The molecule has 9 heteroatoms. The van der Waals surface area contributed by atoms with Gasteiger partial charge in [-0.3, -0.25) is 4.79 Å². The van der Waals surface area contributed by atoms with Crippen molar-refractivity contribution < 1.29 is 18.7 Å². The highest BCUT2D eigenvalue weighted by Gasteiger charge is 2.16. The van der Waals surface area contributed by atoms with Crippen molar-refractivity contribution in [1.29, 1.82) is 0 Å². The Morgan fingerprint density at radius 1 is 1.14 bits per heavy atom. The molecule has 0 fully saturated rings. The van der Waals surface area contributed by atoms with E-state index in [0.717, 1.165) is 5.56 Å². The van der Waals surface area contributed by atoms with Crippen molar-refractivity contribution in [3.63, 3.8) is 0 Å². The summed E-state index contributed by atoms with van der Waals surface area (Å²) < 4.78 is 25.5. The zero-order valence-electron chi connectivity index (χ0n) is 16.3. The Morgan fingerprint density at radius 3 is 2.55 bits per heavy atom. The van der Waals surface area contributed by atoms with E-state index in [0.29, 0.717) is 34.7 Å². The Bertz CT molecular complexity index is 992. The van der Waals surface area contributed by atoms with Crippen molar-refractivity contribution in [2.45, 2.75) is 18.6 Å². The molecule has 1 heterocycles. The third-order valence-corrected chi connectivity index (χ3v) is 5.12.